The molecular formula is C8H12ClN. The van der Waals surface area contributed by atoms with Gasteiger partial charge in [-0.1, -0.05) is 30.7 Å². The van der Waals surface area contributed by atoms with E-state index in [0.29, 0.717) is 5.17 Å². The third-order valence-electron chi connectivity index (χ3n) is 0.838. The fraction of sp³-hybridized carbons (Fsp3) is 0.375. The summed E-state index contributed by atoms with van der Waals surface area (Å²) in [6.45, 7) is 3.95. The molecule has 0 aromatic heterocycles. The number of rotatable bonds is 3. The first-order valence-corrected chi connectivity index (χ1v) is 3.70. The van der Waals surface area contributed by atoms with Crippen molar-refractivity contribution in [2.45, 2.75) is 20.3 Å². The minimum atomic E-state index is 0.528. The normalized spacial score (nSPS) is 13.7. The van der Waals surface area contributed by atoms with E-state index in [0.717, 1.165) is 6.42 Å². The molecule has 0 atom stereocenters. The van der Waals surface area contributed by atoms with Crippen molar-refractivity contribution in [1.82, 2.24) is 0 Å². The molecule has 0 saturated carbocycles. The van der Waals surface area contributed by atoms with Crippen LogP contribution in [0.5, 0.6) is 0 Å². The largest absolute Gasteiger partial charge is 0.245 e. The molecule has 0 rings (SSSR count). The first-order valence-electron chi connectivity index (χ1n) is 3.32. The molecular weight excluding hydrogens is 146 g/mol. The summed E-state index contributed by atoms with van der Waals surface area (Å²) in [5, 5.41) is 0.528. The molecule has 0 fully saturated rings. The quantitative estimate of drug-likeness (QED) is 0.559. The number of halogens is 1. The average molecular weight is 158 g/mol. The fourth-order valence-electron chi connectivity index (χ4n) is 0.404. The van der Waals surface area contributed by atoms with Crippen molar-refractivity contribution >= 4 is 16.8 Å². The molecule has 0 saturated heterocycles. The second-order valence-electron chi connectivity index (χ2n) is 1.74. The van der Waals surface area contributed by atoms with E-state index < -0.39 is 0 Å². The van der Waals surface area contributed by atoms with Gasteiger partial charge in [-0.05, 0) is 19.4 Å². The van der Waals surface area contributed by atoms with Gasteiger partial charge in [0.25, 0.3) is 0 Å². The van der Waals surface area contributed by atoms with E-state index in [4.69, 9.17) is 11.6 Å². The molecule has 0 aliphatic rings. The van der Waals surface area contributed by atoms with Crippen LogP contribution in [0.25, 0.3) is 0 Å². The zero-order valence-corrected chi connectivity index (χ0v) is 7.10. The minimum Gasteiger partial charge on any atom is -0.245 e. The molecule has 0 aliphatic carbocycles. The highest BCUT2D eigenvalue weighted by Crippen LogP contribution is 1.91. The maximum atomic E-state index is 5.65. The molecule has 0 amide bonds. The average Bonchev–Trinajstić information content (AvgIpc) is 1.97. The molecule has 0 unspecified atom stereocenters. The number of hydrogen-bond donors (Lipinski definition) is 0. The smallest absolute Gasteiger partial charge is 0.128 e. The van der Waals surface area contributed by atoms with Crippen LogP contribution in [0.4, 0.5) is 0 Å². The van der Waals surface area contributed by atoms with Crippen molar-refractivity contribution in [3.05, 3.63) is 24.4 Å². The van der Waals surface area contributed by atoms with E-state index in [-0.39, 0.29) is 0 Å². The number of hydrogen-bond acceptors (Lipinski definition) is 1. The molecule has 2 heteroatoms. The Hall–Kier alpha value is -0.560. The van der Waals surface area contributed by atoms with Gasteiger partial charge in [0.05, 0.1) is 0 Å². The first-order chi connectivity index (χ1) is 4.81. The van der Waals surface area contributed by atoms with E-state index in [1.807, 2.05) is 19.1 Å². The topological polar surface area (TPSA) is 12.4 Å². The van der Waals surface area contributed by atoms with Crippen LogP contribution in [-0.2, 0) is 0 Å². The highest BCUT2D eigenvalue weighted by atomic mass is 35.5. The summed E-state index contributed by atoms with van der Waals surface area (Å²) in [6, 6.07) is 0. The second-order valence-corrected chi connectivity index (χ2v) is 2.13. The third kappa shape index (κ3) is 5.57. The lowest BCUT2D eigenvalue weighted by molar-refractivity contribution is 1.23. The third-order valence-corrected chi connectivity index (χ3v) is 1.06. The lowest BCUT2D eigenvalue weighted by Gasteiger charge is -1.82. The van der Waals surface area contributed by atoms with Gasteiger partial charge in [-0.2, -0.15) is 0 Å². The van der Waals surface area contributed by atoms with E-state index in [1.54, 1.807) is 12.3 Å². The molecule has 0 spiro atoms. The van der Waals surface area contributed by atoms with E-state index in [2.05, 4.69) is 11.9 Å². The fourth-order valence-corrected chi connectivity index (χ4v) is 0.549. The van der Waals surface area contributed by atoms with Crippen LogP contribution in [0.1, 0.15) is 20.3 Å². The summed E-state index contributed by atoms with van der Waals surface area (Å²) < 4.78 is 0. The van der Waals surface area contributed by atoms with Crippen molar-refractivity contribution in [3.8, 4) is 0 Å². The monoisotopic (exact) mass is 157 g/mol. The predicted octanol–water partition coefficient (Wildman–Crippen LogP) is 3.12. The van der Waals surface area contributed by atoms with Gasteiger partial charge in [-0.15, -0.1) is 0 Å². The van der Waals surface area contributed by atoms with Gasteiger partial charge >= 0.3 is 0 Å². The van der Waals surface area contributed by atoms with Gasteiger partial charge in [0, 0.05) is 6.20 Å². The summed E-state index contributed by atoms with van der Waals surface area (Å²) in [5.41, 5.74) is 0. The van der Waals surface area contributed by atoms with Crippen molar-refractivity contribution in [2.75, 3.05) is 0 Å². The molecule has 1 nitrogen and oxygen atoms in total. The minimum absolute atomic E-state index is 0.528. The summed E-state index contributed by atoms with van der Waals surface area (Å²) in [7, 11) is 0. The summed E-state index contributed by atoms with van der Waals surface area (Å²) in [6.07, 6.45) is 8.25. The van der Waals surface area contributed by atoms with Crippen molar-refractivity contribution in [1.29, 1.82) is 0 Å². The Kier molecular flexibility index (Phi) is 6.19. The highest BCUT2D eigenvalue weighted by Gasteiger charge is 1.79. The van der Waals surface area contributed by atoms with Crippen LogP contribution in [0.3, 0.4) is 0 Å². The van der Waals surface area contributed by atoms with E-state index in [1.165, 1.54) is 0 Å². The zero-order valence-electron chi connectivity index (χ0n) is 6.34. The maximum absolute atomic E-state index is 5.65. The Morgan fingerprint density at radius 2 is 2.30 bits per heavy atom. The molecule has 56 valence electrons. The Labute approximate surface area is 67.1 Å². The standard InChI is InChI=1S/C8H12ClN/c1-3-5-6-8(9)10-7-4-2/h4-7H,3H2,1-2H3/b6-5+,7-4-,10-8-. The molecule has 10 heavy (non-hydrogen) atoms. The summed E-state index contributed by atoms with van der Waals surface area (Å²) in [5.74, 6) is 0. The summed E-state index contributed by atoms with van der Waals surface area (Å²) >= 11 is 5.65. The Balaban J connectivity index is 3.81. The molecule has 0 N–H and O–H groups in total. The van der Waals surface area contributed by atoms with Crippen molar-refractivity contribution in [3.63, 3.8) is 0 Å². The number of nitrogens with zero attached hydrogens (tertiary/aromatic N) is 1. The lowest BCUT2D eigenvalue weighted by atomic mass is 10.4. The Bertz CT molecular complexity index is 157. The van der Waals surface area contributed by atoms with Crippen LogP contribution >= 0.6 is 11.6 Å². The van der Waals surface area contributed by atoms with E-state index >= 15 is 0 Å². The molecule has 0 bridgehead atoms. The van der Waals surface area contributed by atoms with Gasteiger partial charge in [0.1, 0.15) is 5.17 Å². The summed E-state index contributed by atoms with van der Waals surface area (Å²) in [4.78, 5) is 3.89. The molecule has 0 aliphatic heterocycles. The molecule has 0 radical (unpaired) electrons. The van der Waals surface area contributed by atoms with Crippen LogP contribution in [0.2, 0.25) is 0 Å². The SMILES string of the molecule is C\C=C/N=C(Cl)/C=C/CC. The molecule has 0 aromatic rings. The Morgan fingerprint density at radius 3 is 2.80 bits per heavy atom. The number of aliphatic imine (C=N–C) groups is 1. The van der Waals surface area contributed by atoms with Crippen molar-refractivity contribution < 1.29 is 0 Å². The van der Waals surface area contributed by atoms with Crippen LogP contribution < -0.4 is 0 Å². The molecule has 0 aromatic carbocycles. The molecule has 0 heterocycles. The Morgan fingerprint density at radius 1 is 1.60 bits per heavy atom. The van der Waals surface area contributed by atoms with Gasteiger partial charge in [-0.25, -0.2) is 4.99 Å². The zero-order chi connectivity index (χ0) is 7.82. The van der Waals surface area contributed by atoms with Gasteiger partial charge < -0.3 is 0 Å². The van der Waals surface area contributed by atoms with E-state index in [9.17, 15) is 0 Å². The highest BCUT2D eigenvalue weighted by molar-refractivity contribution is 6.68. The van der Waals surface area contributed by atoms with Crippen molar-refractivity contribution in [2.24, 2.45) is 4.99 Å². The van der Waals surface area contributed by atoms with Crippen LogP contribution in [0, 0.1) is 0 Å². The first kappa shape index (κ1) is 9.44. The second kappa shape index (κ2) is 6.56. The van der Waals surface area contributed by atoms with Gasteiger partial charge in [-0.3, -0.25) is 0 Å². The predicted molar refractivity (Wildman–Crippen MR) is 47.5 cm³/mol. The van der Waals surface area contributed by atoms with Crippen LogP contribution in [-0.4, -0.2) is 5.17 Å². The lowest BCUT2D eigenvalue weighted by Crippen LogP contribution is -1.75. The van der Waals surface area contributed by atoms with Crippen LogP contribution in [0.15, 0.2) is 29.4 Å². The maximum Gasteiger partial charge on any atom is 0.128 e. The van der Waals surface area contributed by atoms with Gasteiger partial charge in [0.15, 0.2) is 0 Å². The van der Waals surface area contributed by atoms with Gasteiger partial charge in [0.2, 0.25) is 0 Å². The number of allylic oxidation sites excluding steroid dienone is 3.